The monoisotopic (exact) mass is 523 g/mol. The third-order valence-electron chi connectivity index (χ3n) is 3.82. The number of carbonyl (C=O) groups excluding carboxylic acids is 1. The minimum absolute atomic E-state index is 0.00785. The molecule has 1 atom stereocenters. The highest BCUT2D eigenvalue weighted by Gasteiger charge is 2.66. The van der Waals surface area contributed by atoms with Crippen molar-refractivity contribution < 1.29 is 53.5 Å². The molecule has 0 saturated carbocycles. The van der Waals surface area contributed by atoms with E-state index < -0.39 is 59.8 Å². The van der Waals surface area contributed by atoms with Gasteiger partial charge in [0, 0.05) is 11.8 Å². The Labute approximate surface area is 174 Å². The minimum atomic E-state index is -10.0. The van der Waals surface area contributed by atoms with Crippen molar-refractivity contribution in [1.29, 1.82) is 0 Å². The zero-order valence-corrected chi connectivity index (χ0v) is 17.3. The number of ether oxygens (including phenoxy) is 1. The molecule has 0 aliphatic rings. The first kappa shape index (κ1) is 25.9. The van der Waals surface area contributed by atoms with E-state index in [4.69, 9.17) is 4.74 Å². The predicted molar refractivity (Wildman–Crippen MR) is 100 cm³/mol. The van der Waals surface area contributed by atoms with Gasteiger partial charge in [-0.3, -0.25) is 4.79 Å². The van der Waals surface area contributed by atoms with Crippen LogP contribution in [0.25, 0.3) is 0 Å². The molecule has 0 aliphatic heterocycles. The smallest absolute Gasteiger partial charge is 0.310 e. The number of hydrogen-bond donors (Lipinski definition) is 2. The summed E-state index contributed by atoms with van der Waals surface area (Å²) in [5, 5.41) is 12.0. The van der Waals surface area contributed by atoms with Gasteiger partial charge >= 0.3 is 20.4 Å². The number of anilines is 1. The summed E-state index contributed by atoms with van der Waals surface area (Å²) in [4.78, 5) is 7.60. The molecule has 0 aromatic heterocycles. The van der Waals surface area contributed by atoms with Gasteiger partial charge in [0.05, 0.1) is 0 Å². The Balaban J connectivity index is 2.12. The Morgan fingerprint density at radius 1 is 0.875 bits per heavy atom. The van der Waals surface area contributed by atoms with Gasteiger partial charge in [0.2, 0.25) is 0 Å². The zero-order chi connectivity index (χ0) is 25.0. The molecular weight excluding hydrogens is 508 g/mol. The summed E-state index contributed by atoms with van der Waals surface area (Å²) in [7, 11) is -19.9. The predicted octanol–water partition coefficient (Wildman–Crippen LogP) is 7.77. The Kier molecular flexibility index (Phi) is 4.99. The maximum absolute atomic E-state index is 12.8. The number of halogens is 10. The van der Waals surface area contributed by atoms with Gasteiger partial charge < -0.3 is 15.2 Å². The van der Waals surface area contributed by atoms with Crippen LogP contribution < -0.4 is 10.1 Å². The highest BCUT2D eigenvalue weighted by Crippen LogP contribution is 3.02. The van der Waals surface area contributed by atoms with Crippen LogP contribution in [0.5, 0.6) is 5.75 Å². The van der Waals surface area contributed by atoms with Gasteiger partial charge in [-0.1, -0.05) is 44.9 Å². The Hall–Kier alpha value is -2.33. The summed E-state index contributed by atoms with van der Waals surface area (Å²) in [6.07, 6.45) is 0. The fraction of sp³-hybridized carbons (Fsp3) is 0.188. The van der Waals surface area contributed by atoms with Crippen molar-refractivity contribution in [3.8, 4) is 5.75 Å². The molecule has 2 N–H and O–H groups in total. The van der Waals surface area contributed by atoms with E-state index >= 15 is 0 Å². The lowest BCUT2D eigenvalue weighted by Gasteiger charge is -2.40. The molecule has 1 unspecified atom stereocenters. The van der Waals surface area contributed by atoms with Crippen LogP contribution in [0, 0.1) is 0 Å². The number of nitrogens with one attached hydrogen (secondary N) is 1. The van der Waals surface area contributed by atoms with Crippen molar-refractivity contribution in [3.05, 3.63) is 48.5 Å². The lowest BCUT2D eigenvalue weighted by molar-refractivity contribution is -0.135. The van der Waals surface area contributed by atoms with Gasteiger partial charge in [-0.2, -0.15) is 0 Å². The Morgan fingerprint density at radius 2 is 1.38 bits per heavy atom. The van der Waals surface area contributed by atoms with Crippen LogP contribution in [0.1, 0.15) is 6.92 Å². The fourth-order valence-electron chi connectivity index (χ4n) is 2.15. The molecule has 0 fully saturated rings. The lowest BCUT2D eigenvalue weighted by atomic mass is 10.1. The molecule has 1 amide bonds. The Morgan fingerprint density at radius 3 is 1.84 bits per heavy atom. The summed E-state index contributed by atoms with van der Waals surface area (Å²) in [6.45, 7) is -0.244. The van der Waals surface area contributed by atoms with Crippen LogP contribution in [-0.4, -0.2) is 23.2 Å². The molecule has 32 heavy (non-hydrogen) atoms. The van der Waals surface area contributed by atoms with Gasteiger partial charge in [-0.25, -0.2) is 0 Å². The van der Waals surface area contributed by atoms with Gasteiger partial charge in [-0.15, -0.1) is 0 Å². The SMILES string of the molecule is CC(O)(COc1cccc(S(F)(F)(F)(F)F)c1)C(=O)Nc1ccc(S(F)(F)(F)(F)F)cc1. The van der Waals surface area contributed by atoms with Crippen LogP contribution in [0.3, 0.4) is 0 Å². The fourth-order valence-corrected chi connectivity index (χ4v) is 3.48. The summed E-state index contributed by atoms with van der Waals surface area (Å²) >= 11 is 0. The van der Waals surface area contributed by atoms with Gasteiger partial charge in [0.25, 0.3) is 5.91 Å². The van der Waals surface area contributed by atoms with Crippen LogP contribution in [0.15, 0.2) is 58.3 Å². The van der Waals surface area contributed by atoms with Crippen LogP contribution in [0.2, 0.25) is 0 Å². The van der Waals surface area contributed by atoms with Crippen molar-refractivity contribution in [2.24, 2.45) is 0 Å². The molecule has 2 rings (SSSR count). The maximum atomic E-state index is 12.8. The number of amides is 1. The summed E-state index contributed by atoms with van der Waals surface area (Å²) in [5.41, 5.74) is -2.94. The second-order valence-corrected chi connectivity index (χ2v) is 11.8. The average molecular weight is 523 g/mol. The minimum Gasteiger partial charge on any atom is -0.490 e. The first-order chi connectivity index (χ1) is 13.8. The maximum Gasteiger partial charge on any atom is 0.310 e. The molecule has 2 aromatic carbocycles. The third-order valence-corrected chi connectivity index (χ3v) is 6.13. The molecular formula is C16H15F10NO3S2. The molecule has 0 bridgehead atoms. The molecule has 4 nitrogen and oxygen atoms in total. The first-order valence-electron chi connectivity index (χ1n) is 8.12. The number of hydrogen-bond acceptors (Lipinski definition) is 3. The second-order valence-electron chi connectivity index (χ2n) is 6.95. The molecule has 16 heteroatoms. The number of carbonyl (C=O) groups is 1. The van der Waals surface area contributed by atoms with E-state index in [1.54, 1.807) is 0 Å². The summed E-state index contributed by atoms with van der Waals surface area (Å²) in [6, 6.07) is 2.52. The van der Waals surface area contributed by atoms with Crippen molar-refractivity contribution in [2.45, 2.75) is 22.3 Å². The second kappa shape index (κ2) is 6.17. The van der Waals surface area contributed by atoms with E-state index in [0.717, 1.165) is 13.0 Å². The molecule has 2 aromatic rings. The molecule has 0 radical (unpaired) electrons. The first-order valence-corrected chi connectivity index (χ1v) is 12.0. The molecule has 0 aliphatic carbocycles. The van der Waals surface area contributed by atoms with E-state index in [2.05, 4.69) is 0 Å². The molecule has 0 spiro atoms. The highest BCUT2D eigenvalue weighted by atomic mass is 32.5. The molecule has 0 saturated heterocycles. The van der Waals surface area contributed by atoms with E-state index in [9.17, 15) is 48.8 Å². The highest BCUT2D eigenvalue weighted by molar-refractivity contribution is 8.46. The third kappa shape index (κ3) is 6.83. The van der Waals surface area contributed by atoms with Crippen molar-refractivity contribution >= 4 is 32.0 Å². The van der Waals surface area contributed by atoms with Gasteiger partial charge in [0.15, 0.2) is 5.60 Å². The van der Waals surface area contributed by atoms with E-state index in [1.165, 1.54) is 0 Å². The van der Waals surface area contributed by atoms with Gasteiger partial charge in [0.1, 0.15) is 22.1 Å². The van der Waals surface area contributed by atoms with E-state index in [0.29, 0.717) is 18.2 Å². The van der Waals surface area contributed by atoms with Crippen molar-refractivity contribution in [1.82, 2.24) is 0 Å². The van der Waals surface area contributed by atoms with Crippen molar-refractivity contribution in [2.75, 3.05) is 11.9 Å². The van der Waals surface area contributed by atoms with Crippen molar-refractivity contribution in [3.63, 3.8) is 0 Å². The number of rotatable bonds is 7. The van der Waals surface area contributed by atoms with Crippen LogP contribution in [0.4, 0.5) is 44.5 Å². The van der Waals surface area contributed by atoms with E-state index in [1.807, 2.05) is 5.32 Å². The number of aliphatic hydroxyl groups is 1. The quantitative estimate of drug-likeness (QED) is 0.365. The normalized spacial score (nSPS) is 18.9. The van der Waals surface area contributed by atoms with E-state index in [-0.39, 0.29) is 24.3 Å². The standard InChI is InChI=1S/C16H15F10NO3S2/c1-16(29,10-30-12-3-2-4-14(9-12)32(22,23,24,25)26)15(28)27-11-5-7-13(8-6-11)31(17,18,19,20)21/h2-9,29H,10H2,1H3,(H,27,28). The zero-order valence-electron chi connectivity index (χ0n) is 15.7. The van der Waals surface area contributed by atoms with Crippen LogP contribution >= 0.6 is 20.4 Å². The lowest BCUT2D eigenvalue weighted by Crippen LogP contribution is -2.45. The summed E-state index contributed by atoms with van der Waals surface area (Å²) < 4.78 is 132. The van der Waals surface area contributed by atoms with Gasteiger partial charge in [-0.05, 0) is 43.3 Å². The average Bonchev–Trinajstić information content (AvgIpc) is 2.57. The molecule has 184 valence electrons. The Bertz CT molecular complexity index is 1050. The largest absolute Gasteiger partial charge is 0.490 e. The summed E-state index contributed by atoms with van der Waals surface area (Å²) in [5.74, 6) is -2.09. The number of benzene rings is 2. The van der Waals surface area contributed by atoms with Crippen LogP contribution in [-0.2, 0) is 4.79 Å². The molecule has 0 heterocycles. The topological polar surface area (TPSA) is 58.6 Å².